The molecule has 0 aliphatic carbocycles. The molecule has 0 aromatic heterocycles. The van der Waals surface area contributed by atoms with Crippen LogP contribution in [0, 0.1) is 0 Å². The first-order valence-electron chi connectivity index (χ1n) is 14.7. The molecule has 216 valence electrons. The van der Waals surface area contributed by atoms with E-state index in [1.807, 2.05) is 42.5 Å². The lowest BCUT2D eigenvalue weighted by Gasteiger charge is -2.24. The number of benzene rings is 2. The Morgan fingerprint density at radius 3 is 2.03 bits per heavy atom. The fraction of sp³-hybridized carbons (Fsp3) is 0.576. The minimum absolute atomic E-state index is 0.0886. The molecule has 0 aliphatic heterocycles. The number of esters is 1. The number of ether oxygens (including phenoxy) is 3. The van der Waals surface area contributed by atoms with Gasteiger partial charge >= 0.3 is 5.97 Å². The lowest BCUT2D eigenvalue weighted by Crippen LogP contribution is -2.28. The number of hydrogen-bond donors (Lipinski definition) is 0. The van der Waals surface area contributed by atoms with Crippen LogP contribution < -0.4 is 14.4 Å². The summed E-state index contributed by atoms with van der Waals surface area (Å²) in [6.45, 7) is 6.36. The van der Waals surface area contributed by atoms with Crippen LogP contribution in [0.2, 0.25) is 0 Å². The molecule has 0 unspecified atom stereocenters. The molecule has 1 amide bonds. The van der Waals surface area contributed by atoms with E-state index < -0.39 is 0 Å². The van der Waals surface area contributed by atoms with E-state index in [0.29, 0.717) is 13.2 Å². The number of amides is 1. The zero-order valence-corrected chi connectivity index (χ0v) is 24.6. The van der Waals surface area contributed by atoms with Gasteiger partial charge in [-0.25, -0.2) is 0 Å². The highest BCUT2D eigenvalue weighted by Gasteiger charge is 2.17. The van der Waals surface area contributed by atoms with Gasteiger partial charge in [-0.05, 0) is 42.3 Å². The van der Waals surface area contributed by atoms with Gasteiger partial charge in [-0.2, -0.15) is 0 Å². The van der Waals surface area contributed by atoms with Crippen LogP contribution >= 0.6 is 0 Å². The van der Waals surface area contributed by atoms with Crippen molar-refractivity contribution in [2.75, 3.05) is 18.6 Å². The van der Waals surface area contributed by atoms with Gasteiger partial charge in [0.2, 0.25) is 5.91 Å². The van der Waals surface area contributed by atoms with E-state index in [1.54, 1.807) is 18.9 Å². The second-order valence-corrected chi connectivity index (χ2v) is 10.3. The first-order valence-corrected chi connectivity index (χ1v) is 14.7. The van der Waals surface area contributed by atoms with Crippen LogP contribution in [-0.2, 0) is 27.5 Å². The van der Waals surface area contributed by atoms with Gasteiger partial charge in [-0.15, -0.1) is 0 Å². The van der Waals surface area contributed by atoms with Crippen molar-refractivity contribution in [3.05, 3.63) is 53.6 Å². The maximum Gasteiger partial charge on any atom is 0.302 e. The van der Waals surface area contributed by atoms with Crippen molar-refractivity contribution in [1.82, 2.24) is 0 Å². The Morgan fingerprint density at radius 2 is 1.44 bits per heavy atom. The number of carbonyl (C=O) groups is 2. The van der Waals surface area contributed by atoms with E-state index in [9.17, 15) is 9.59 Å². The van der Waals surface area contributed by atoms with E-state index in [1.165, 1.54) is 71.1 Å². The van der Waals surface area contributed by atoms with E-state index >= 15 is 0 Å². The van der Waals surface area contributed by atoms with Crippen molar-refractivity contribution >= 4 is 17.6 Å². The highest BCUT2D eigenvalue weighted by atomic mass is 16.5. The monoisotopic (exact) mass is 539 g/mol. The number of hydrogen-bond acceptors (Lipinski definition) is 5. The number of methoxy groups -OCH3 is 1. The Bertz CT molecular complexity index is 990. The molecule has 0 aliphatic rings. The normalized spacial score (nSPS) is 10.8. The van der Waals surface area contributed by atoms with Crippen molar-refractivity contribution in [2.24, 2.45) is 0 Å². The zero-order valence-electron chi connectivity index (χ0n) is 24.6. The predicted octanol–water partition coefficient (Wildman–Crippen LogP) is 8.39. The van der Waals surface area contributed by atoms with E-state index in [2.05, 4.69) is 6.92 Å². The number of carbonyl (C=O) groups excluding carboxylic acids is 2. The zero-order chi connectivity index (χ0) is 28.3. The van der Waals surface area contributed by atoms with Gasteiger partial charge in [0.25, 0.3) is 0 Å². The van der Waals surface area contributed by atoms with Gasteiger partial charge in [0.1, 0.15) is 18.1 Å². The molecule has 0 bridgehead atoms. The molecule has 0 atom stereocenters. The van der Waals surface area contributed by atoms with E-state index in [4.69, 9.17) is 14.2 Å². The highest BCUT2D eigenvalue weighted by Crippen LogP contribution is 2.28. The van der Waals surface area contributed by atoms with Gasteiger partial charge in [-0.3, -0.25) is 9.59 Å². The molecule has 6 heteroatoms. The minimum Gasteiger partial charge on any atom is -0.497 e. The molecule has 0 fully saturated rings. The molecular weight excluding hydrogens is 490 g/mol. The molecule has 0 N–H and O–H groups in total. The summed E-state index contributed by atoms with van der Waals surface area (Å²) in [6.07, 6.45) is 15.7. The van der Waals surface area contributed by atoms with Crippen molar-refractivity contribution in [2.45, 2.75) is 111 Å². The van der Waals surface area contributed by atoms with Crippen molar-refractivity contribution in [3.8, 4) is 11.5 Å². The number of rotatable bonds is 20. The molecule has 6 nitrogen and oxygen atoms in total. The van der Waals surface area contributed by atoms with Gasteiger partial charge < -0.3 is 19.1 Å². The summed E-state index contributed by atoms with van der Waals surface area (Å²) in [5.41, 5.74) is 2.44. The summed E-state index contributed by atoms with van der Waals surface area (Å²) in [5, 5.41) is 0. The topological polar surface area (TPSA) is 65.1 Å². The fourth-order valence-corrected chi connectivity index (χ4v) is 4.63. The smallest absolute Gasteiger partial charge is 0.302 e. The third-order valence-corrected chi connectivity index (χ3v) is 6.90. The van der Waals surface area contributed by atoms with Crippen LogP contribution in [0.15, 0.2) is 42.5 Å². The predicted molar refractivity (Wildman–Crippen MR) is 158 cm³/mol. The first-order chi connectivity index (χ1) is 18.9. The van der Waals surface area contributed by atoms with Crippen LogP contribution in [0.3, 0.4) is 0 Å². The molecule has 0 saturated heterocycles. The standard InChI is InChI=1S/C33H49NO5/c1-5-6-7-8-9-10-11-12-13-14-15-16-22-38-33-21-20-32(37-4)24-30(33)25-34(27(2)35)31-19-17-18-29(23-31)26-39-28(3)36/h17-21,23-24H,5-16,22,25-26H2,1-4H3. The third-order valence-electron chi connectivity index (χ3n) is 6.90. The largest absolute Gasteiger partial charge is 0.497 e. The van der Waals surface area contributed by atoms with Crippen LogP contribution in [0.25, 0.3) is 0 Å². The molecule has 2 aromatic carbocycles. The molecule has 2 rings (SSSR count). The SMILES string of the molecule is CCCCCCCCCCCCCCOc1ccc(OC)cc1CN(C(C)=O)c1cccc(COC(C)=O)c1. The second-order valence-electron chi connectivity index (χ2n) is 10.3. The Morgan fingerprint density at radius 1 is 0.795 bits per heavy atom. The van der Waals surface area contributed by atoms with Gasteiger partial charge in [0.05, 0.1) is 20.3 Å². The second kappa shape index (κ2) is 19.1. The Hall–Kier alpha value is -3.02. The average molecular weight is 540 g/mol. The molecule has 2 aromatic rings. The molecule has 0 heterocycles. The summed E-state index contributed by atoms with van der Waals surface area (Å²) < 4.78 is 16.8. The molecule has 39 heavy (non-hydrogen) atoms. The summed E-state index contributed by atoms with van der Waals surface area (Å²) >= 11 is 0. The number of unbranched alkanes of at least 4 members (excludes halogenated alkanes) is 11. The van der Waals surface area contributed by atoms with Gasteiger partial charge in [0, 0.05) is 25.1 Å². The van der Waals surface area contributed by atoms with Crippen molar-refractivity contribution in [1.29, 1.82) is 0 Å². The quantitative estimate of drug-likeness (QED) is 0.125. The first kappa shape index (κ1) is 32.2. The fourth-order valence-electron chi connectivity index (χ4n) is 4.63. The number of anilines is 1. The maximum absolute atomic E-state index is 12.6. The summed E-state index contributed by atoms with van der Waals surface area (Å²) in [7, 11) is 1.63. The van der Waals surface area contributed by atoms with E-state index in [0.717, 1.165) is 41.2 Å². The molecule has 0 saturated carbocycles. The summed E-state index contributed by atoms with van der Waals surface area (Å²) in [4.78, 5) is 25.5. The molecule has 0 radical (unpaired) electrons. The number of nitrogens with zero attached hydrogens (tertiary/aromatic N) is 1. The lowest BCUT2D eigenvalue weighted by molar-refractivity contribution is -0.142. The van der Waals surface area contributed by atoms with Crippen LogP contribution in [-0.4, -0.2) is 25.6 Å². The van der Waals surface area contributed by atoms with Crippen molar-refractivity contribution in [3.63, 3.8) is 0 Å². The van der Waals surface area contributed by atoms with Gasteiger partial charge in [0.15, 0.2) is 0 Å². The summed E-state index contributed by atoms with van der Waals surface area (Å²) in [6, 6.07) is 13.2. The minimum atomic E-state index is -0.338. The Kier molecular flexibility index (Phi) is 15.8. The summed E-state index contributed by atoms with van der Waals surface area (Å²) in [5.74, 6) is 1.06. The Labute approximate surface area is 236 Å². The van der Waals surface area contributed by atoms with Crippen molar-refractivity contribution < 1.29 is 23.8 Å². The van der Waals surface area contributed by atoms with Crippen LogP contribution in [0.5, 0.6) is 11.5 Å². The lowest BCUT2D eigenvalue weighted by atomic mass is 10.1. The third kappa shape index (κ3) is 13.1. The average Bonchev–Trinajstić information content (AvgIpc) is 2.93. The van der Waals surface area contributed by atoms with Crippen LogP contribution in [0.4, 0.5) is 5.69 Å². The van der Waals surface area contributed by atoms with Crippen LogP contribution in [0.1, 0.15) is 109 Å². The highest BCUT2D eigenvalue weighted by molar-refractivity contribution is 5.91. The molecular formula is C33H49NO5. The maximum atomic E-state index is 12.6. The van der Waals surface area contributed by atoms with Gasteiger partial charge in [-0.1, -0.05) is 89.7 Å². The Balaban J connectivity index is 1.87. The molecule has 0 spiro atoms. The van der Waals surface area contributed by atoms with E-state index in [-0.39, 0.29) is 18.5 Å².